The minimum absolute atomic E-state index is 0.00853. The molecule has 0 saturated carbocycles. The zero-order valence-corrected chi connectivity index (χ0v) is 23.7. The molecule has 0 radical (unpaired) electrons. The topological polar surface area (TPSA) is 58.1 Å². The highest BCUT2D eigenvalue weighted by atomic mass is 16.1. The number of aromatic nitrogens is 3. The second-order valence-electron chi connectivity index (χ2n) is 11.4. The Balaban J connectivity index is 1.49. The first-order chi connectivity index (χ1) is 18.8. The molecule has 2 aliphatic rings. The summed E-state index contributed by atoms with van der Waals surface area (Å²) in [6.45, 7) is 13.2. The van der Waals surface area contributed by atoms with Crippen molar-refractivity contribution in [3.8, 4) is 0 Å². The molecule has 2 unspecified atom stereocenters. The van der Waals surface area contributed by atoms with E-state index in [-0.39, 0.29) is 5.56 Å². The molecule has 0 spiro atoms. The molecule has 2 fully saturated rings. The molecule has 0 N–H and O–H groups in total. The van der Waals surface area contributed by atoms with Gasteiger partial charge >= 0.3 is 0 Å². The summed E-state index contributed by atoms with van der Waals surface area (Å²) in [6, 6.07) is 18.3. The van der Waals surface area contributed by atoms with Gasteiger partial charge in [-0.15, -0.1) is 0 Å². The van der Waals surface area contributed by atoms with Gasteiger partial charge in [0.25, 0.3) is 5.56 Å². The number of allylic oxidation sites excluding steroid dienone is 2. The fraction of sp³-hybridized carbons (Fsp3) is 0.406. The van der Waals surface area contributed by atoms with Gasteiger partial charge in [0.05, 0.1) is 28.8 Å². The molecule has 0 aliphatic carbocycles. The van der Waals surface area contributed by atoms with Crippen molar-refractivity contribution in [2.45, 2.75) is 40.7 Å². The first-order valence-electron chi connectivity index (χ1n) is 14.1. The van der Waals surface area contributed by atoms with Crippen LogP contribution >= 0.6 is 0 Å². The van der Waals surface area contributed by atoms with Crippen molar-refractivity contribution in [1.29, 1.82) is 0 Å². The number of benzene rings is 2. The Labute approximate surface area is 230 Å². The summed E-state index contributed by atoms with van der Waals surface area (Å²) in [7, 11) is 2.23. The van der Waals surface area contributed by atoms with Crippen molar-refractivity contribution in [3.05, 3.63) is 93.0 Å². The molecule has 7 heteroatoms. The SMILES string of the molecule is CC/C(C)=C(Cn1c(=O)c2ccccc2n2nc(C)cc12)/N=C(\c1ccccc1C)N1CC2CN(C)CC2C1. The molecule has 0 bridgehead atoms. The van der Waals surface area contributed by atoms with E-state index in [9.17, 15) is 4.79 Å². The summed E-state index contributed by atoms with van der Waals surface area (Å²) in [5.41, 5.74) is 7.03. The van der Waals surface area contributed by atoms with Gasteiger partial charge in [-0.3, -0.25) is 9.36 Å². The van der Waals surface area contributed by atoms with E-state index in [1.165, 1.54) is 16.7 Å². The predicted octanol–water partition coefficient (Wildman–Crippen LogP) is 4.89. The summed E-state index contributed by atoms with van der Waals surface area (Å²) in [5.74, 6) is 2.37. The van der Waals surface area contributed by atoms with Crippen LogP contribution in [0.3, 0.4) is 0 Å². The molecule has 39 heavy (non-hydrogen) atoms. The number of para-hydroxylation sites is 1. The molecule has 202 valence electrons. The molecule has 2 saturated heterocycles. The largest absolute Gasteiger partial charge is 0.355 e. The highest BCUT2D eigenvalue weighted by molar-refractivity contribution is 6.01. The van der Waals surface area contributed by atoms with Crippen LogP contribution in [0.4, 0.5) is 0 Å². The van der Waals surface area contributed by atoms with Crippen LogP contribution in [-0.2, 0) is 6.54 Å². The number of aryl methyl sites for hydroxylation is 2. The normalized spacial score (nSPS) is 20.7. The number of hydrogen-bond acceptors (Lipinski definition) is 4. The minimum atomic E-state index is -0.00853. The van der Waals surface area contributed by atoms with Crippen molar-refractivity contribution in [1.82, 2.24) is 24.0 Å². The third kappa shape index (κ3) is 4.59. The lowest BCUT2D eigenvalue weighted by atomic mass is 10.0. The Morgan fingerprint density at radius 1 is 1.00 bits per heavy atom. The van der Waals surface area contributed by atoms with Crippen LogP contribution in [0.5, 0.6) is 0 Å². The number of amidine groups is 1. The zero-order chi connectivity index (χ0) is 27.3. The molecule has 0 amide bonds. The van der Waals surface area contributed by atoms with Crippen molar-refractivity contribution < 1.29 is 0 Å². The second-order valence-corrected chi connectivity index (χ2v) is 11.4. The molecule has 2 atom stereocenters. The molecular weight excluding hydrogens is 484 g/mol. The first-order valence-corrected chi connectivity index (χ1v) is 14.1. The summed E-state index contributed by atoms with van der Waals surface area (Å²) < 4.78 is 3.75. The van der Waals surface area contributed by atoms with E-state index in [2.05, 4.69) is 61.9 Å². The summed E-state index contributed by atoms with van der Waals surface area (Å²) in [5, 5.41) is 5.40. The van der Waals surface area contributed by atoms with E-state index in [1.54, 1.807) is 0 Å². The van der Waals surface area contributed by atoms with Gasteiger partial charge in [-0.05, 0) is 63.8 Å². The van der Waals surface area contributed by atoms with E-state index in [4.69, 9.17) is 10.1 Å². The van der Waals surface area contributed by atoms with E-state index in [1.807, 2.05) is 46.3 Å². The van der Waals surface area contributed by atoms with Gasteiger partial charge in [-0.2, -0.15) is 5.10 Å². The molecular formula is C32H38N6O. The highest BCUT2D eigenvalue weighted by Crippen LogP contribution is 2.32. The number of aliphatic imine (C=N–C) groups is 1. The van der Waals surface area contributed by atoms with Crippen LogP contribution in [0.25, 0.3) is 16.6 Å². The molecule has 4 heterocycles. The average Bonchev–Trinajstić information content (AvgIpc) is 3.61. The van der Waals surface area contributed by atoms with E-state index in [0.29, 0.717) is 23.8 Å². The van der Waals surface area contributed by atoms with Crippen LogP contribution in [-0.4, -0.2) is 63.0 Å². The predicted molar refractivity (Wildman–Crippen MR) is 158 cm³/mol. The summed E-state index contributed by atoms with van der Waals surface area (Å²) in [4.78, 5) is 24.3. The van der Waals surface area contributed by atoms with E-state index in [0.717, 1.165) is 61.0 Å². The lowest BCUT2D eigenvalue weighted by molar-refractivity contribution is 0.348. The maximum absolute atomic E-state index is 13.9. The Morgan fingerprint density at radius 3 is 2.41 bits per heavy atom. The molecule has 2 aliphatic heterocycles. The number of likely N-dealkylation sites (tertiary alicyclic amines) is 2. The maximum Gasteiger partial charge on any atom is 0.262 e. The molecule has 2 aromatic carbocycles. The molecule has 7 nitrogen and oxygen atoms in total. The van der Waals surface area contributed by atoms with Crippen molar-refractivity contribution in [2.75, 3.05) is 33.2 Å². The minimum Gasteiger partial charge on any atom is -0.355 e. The van der Waals surface area contributed by atoms with Gasteiger partial charge < -0.3 is 9.80 Å². The fourth-order valence-electron chi connectivity index (χ4n) is 6.37. The Kier molecular flexibility index (Phi) is 6.63. The average molecular weight is 523 g/mol. The van der Waals surface area contributed by atoms with Gasteiger partial charge in [0.2, 0.25) is 0 Å². The number of nitrogens with zero attached hydrogens (tertiary/aromatic N) is 6. The molecule has 4 aromatic rings. The quantitative estimate of drug-likeness (QED) is 0.277. The number of hydrogen-bond donors (Lipinski definition) is 0. The number of rotatable bonds is 5. The summed E-state index contributed by atoms with van der Waals surface area (Å²) in [6.07, 6.45) is 0.868. The van der Waals surface area contributed by atoms with Crippen LogP contribution in [0.15, 0.2) is 75.7 Å². The van der Waals surface area contributed by atoms with Gasteiger partial charge in [0.1, 0.15) is 11.5 Å². The van der Waals surface area contributed by atoms with Gasteiger partial charge in [-0.1, -0.05) is 48.9 Å². The smallest absolute Gasteiger partial charge is 0.262 e. The third-order valence-corrected chi connectivity index (χ3v) is 8.62. The van der Waals surface area contributed by atoms with Crippen molar-refractivity contribution in [3.63, 3.8) is 0 Å². The van der Waals surface area contributed by atoms with Crippen LogP contribution in [0, 0.1) is 25.7 Å². The lowest BCUT2D eigenvalue weighted by Crippen LogP contribution is -2.34. The Hall–Kier alpha value is -3.71. The third-order valence-electron chi connectivity index (χ3n) is 8.62. The van der Waals surface area contributed by atoms with Gasteiger partial charge in [0.15, 0.2) is 0 Å². The second kappa shape index (κ2) is 10.1. The van der Waals surface area contributed by atoms with Crippen LogP contribution in [0.1, 0.15) is 37.1 Å². The Bertz CT molecular complexity index is 1660. The summed E-state index contributed by atoms with van der Waals surface area (Å²) >= 11 is 0. The monoisotopic (exact) mass is 522 g/mol. The number of fused-ring (bicyclic) bond motifs is 4. The lowest BCUT2D eigenvalue weighted by Gasteiger charge is -2.25. The molecule has 6 rings (SSSR count). The van der Waals surface area contributed by atoms with Gasteiger partial charge in [-0.25, -0.2) is 9.51 Å². The standard InChI is InChI=1S/C32H38N6O/c1-6-21(2)28(20-37-30-15-23(4)34-38(30)29-14-10-9-13-27(29)32(37)39)33-31(26-12-8-7-11-22(26)3)36-18-24-16-35(5)17-25(24)19-36/h7-15,24-25H,6,16-20H2,1-5H3/b28-21+,33-31+. The zero-order valence-electron chi connectivity index (χ0n) is 23.7. The van der Waals surface area contributed by atoms with Crippen molar-refractivity contribution >= 4 is 22.4 Å². The fourth-order valence-corrected chi connectivity index (χ4v) is 6.37. The van der Waals surface area contributed by atoms with Crippen LogP contribution in [0.2, 0.25) is 0 Å². The molecule has 2 aromatic heterocycles. The van der Waals surface area contributed by atoms with E-state index < -0.39 is 0 Å². The highest BCUT2D eigenvalue weighted by Gasteiger charge is 2.40. The van der Waals surface area contributed by atoms with Gasteiger partial charge in [0, 0.05) is 37.8 Å². The van der Waals surface area contributed by atoms with Crippen molar-refractivity contribution in [2.24, 2.45) is 16.8 Å². The van der Waals surface area contributed by atoms with E-state index >= 15 is 0 Å². The Morgan fingerprint density at radius 2 is 1.69 bits per heavy atom. The maximum atomic E-state index is 13.9. The first kappa shape index (κ1) is 25.6. The van der Waals surface area contributed by atoms with Crippen LogP contribution < -0.4 is 5.56 Å².